The summed E-state index contributed by atoms with van der Waals surface area (Å²) >= 11 is 5.08. The molecular formula is C13H23BrIN3O2S2. The van der Waals surface area contributed by atoms with E-state index < -0.39 is 9.84 Å². The van der Waals surface area contributed by atoms with Gasteiger partial charge < -0.3 is 10.6 Å². The van der Waals surface area contributed by atoms with Gasteiger partial charge in [-0.1, -0.05) is 0 Å². The van der Waals surface area contributed by atoms with E-state index in [0.717, 1.165) is 11.0 Å². The van der Waals surface area contributed by atoms with Gasteiger partial charge in [-0.2, -0.15) is 0 Å². The molecule has 2 N–H and O–H groups in total. The summed E-state index contributed by atoms with van der Waals surface area (Å²) in [6, 6.07) is 2.10. The SMILES string of the molecule is CCNC(=NCc1cc(Br)cs1)NC(C)CCS(C)(=O)=O.I. The van der Waals surface area contributed by atoms with E-state index in [1.807, 2.05) is 25.3 Å². The van der Waals surface area contributed by atoms with E-state index in [2.05, 4.69) is 31.6 Å². The fourth-order valence-corrected chi connectivity index (χ4v) is 3.77. The second-order valence-corrected chi connectivity index (χ2v) is 9.06. The Hall–Kier alpha value is 0.130. The molecule has 0 aliphatic carbocycles. The lowest BCUT2D eigenvalue weighted by Crippen LogP contribution is -2.42. The molecule has 0 saturated carbocycles. The second-order valence-electron chi connectivity index (χ2n) is 4.89. The molecule has 0 fully saturated rings. The molecule has 0 saturated heterocycles. The third-order valence-corrected chi connectivity index (χ3v) is 5.32. The van der Waals surface area contributed by atoms with E-state index in [1.54, 1.807) is 11.3 Å². The number of hydrogen-bond acceptors (Lipinski definition) is 4. The smallest absolute Gasteiger partial charge is 0.191 e. The van der Waals surface area contributed by atoms with Crippen LogP contribution in [0.3, 0.4) is 0 Å². The Morgan fingerprint density at radius 2 is 2.18 bits per heavy atom. The number of nitrogens with zero attached hydrogens (tertiary/aromatic N) is 1. The van der Waals surface area contributed by atoms with Gasteiger partial charge in [-0.05, 0) is 42.3 Å². The molecule has 0 radical (unpaired) electrons. The van der Waals surface area contributed by atoms with Crippen molar-refractivity contribution in [2.75, 3.05) is 18.6 Å². The van der Waals surface area contributed by atoms with Crippen LogP contribution in [0.5, 0.6) is 0 Å². The van der Waals surface area contributed by atoms with Crippen molar-refractivity contribution in [2.45, 2.75) is 32.9 Å². The number of nitrogens with one attached hydrogen (secondary N) is 2. The van der Waals surface area contributed by atoms with Gasteiger partial charge in [0.25, 0.3) is 0 Å². The molecule has 1 aromatic rings. The Bertz CT molecular complexity index is 576. The summed E-state index contributed by atoms with van der Waals surface area (Å²) in [4.78, 5) is 5.69. The molecule has 0 aliphatic heterocycles. The van der Waals surface area contributed by atoms with Crippen molar-refractivity contribution in [1.29, 1.82) is 0 Å². The van der Waals surface area contributed by atoms with Crippen LogP contribution in [0.4, 0.5) is 0 Å². The molecule has 5 nitrogen and oxygen atoms in total. The fourth-order valence-electron chi connectivity index (χ4n) is 1.61. The van der Waals surface area contributed by atoms with Crippen LogP contribution in [0.1, 0.15) is 25.1 Å². The van der Waals surface area contributed by atoms with E-state index in [1.165, 1.54) is 11.1 Å². The second kappa shape index (κ2) is 10.8. The maximum absolute atomic E-state index is 11.2. The molecule has 9 heteroatoms. The largest absolute Gasteiger partial charge is 0.357 e. The minimum atomic E-state index is -2.92. The molecule has 1 heterocycles. The summed E-state index contributed by atoms with van der Waals surface area (Å²) in [5, 5.41) is 8.43. The maximum atomic E-state index is 11.2. The van der Waals surface area contributed by atoms with Crippen molar-refractivity contribution in [3.8, 4) is 0 Å². The first-order chi connectivity index (χ1) is 9.80. The molecule has 0 spiro atoms. The van der Waals surface area contributed by atoms with Crippen molar-refractivity contribution in [2.24, 2.45) is 4.99 Å². The molecule has 22 heavy (non-hydrogen) atoms. The van der Waals surface area contributed by atoms with Crippen molar-refractivity contribution < 1.29 is 8.42 Å². The van der Waals surface area contributed by atoms with Crippen LogP contribution in [0, 0.1) is 0 Å². The average Bonchev–Trinajstić information content (AvgIpc) is 2.79. The van der Waals surface area contributed by atoms with Gasteiger partial charge in [-0.15, -0.1) is 35.3 Å². The normalized spacial score (nSPS) is 13.4. The number of sulfone groups is 1. The van der Waals surface area contributed by atoms with Gasteiger partial charge >= 0.3 is 0 Å². The predicted molar refractivity (Wildman–Crippen MR) is 109 cm³/mol. The summed E-state index contributed by atoms with van der Waals surface area (Å²) in [5.41, 5.74) is 0. The van der Waals surface area contributed by atoms with Crippen molar-refractivity contribution in [3.63, 3.8) is 0 Å². The zero-order valence-electron chi connectivity index (χ0n) is 12.9. The molecule has 0 bridgehead atoms. The van der Waals surface area contributed by atoms with E-state index >= 15 is 0 Å². The minimum absolute atomic E-state index is 0. The average molecular weight is 524 g/mol. The number of guanidine groups is 1. The van der Waals surface area contributed by atoms with Crippen LogP contribution in [-0.4, -0.2) is 39.0 Å². The van der Waals surface area contributed by atoms with Gasteiger partial charge in [0, 0.05) is 33.6 Å². The molecule has 1 unspecified atom stereocenters. The van der Waals surface area contributed by atoms with Crippen LogP contribution >= 0.6 is 51.2 Å². The molecule has 0 aromatic carbocycles. The first kappa shape index (κ1) is 22.1. The highest BCUT2D eigenvalue weighted by Gasteiger charge is 2.09. The van der Waals surface area contributed by atoms with Crippen molar-refractivity contribution >= 4 is 67.0 Å². The van der Waals surface area contributed by atoms with Gasteiger partial charge in [0.2, 0.25) is 0 Å². The predicted octanol–water partition coefficient (Wildman–Crippen LogP) is 3.01. The molecular weight excluding hydrogens is 501 g/mol. The topological polar surface area (TPSA) is 70.6 Å². The van der Waals surface area contributed by atoms with E-state index in [0.29, 0.717) is 18.9 Å². The zero-order chi connectivity index (χ0) is 15.9. The Balaban J connectivity index is 0.00000441. The molecule has 1 atom stereocenters. The Kier molecular flexibility index (Phi) is 10.9. The van der Waals surface area contributed by atoms with E-state index in [9.17, 15) is 8.42 Å². The lowest BCUT2D eigenvalue weighted by Gasteiger charge is -2.17. The Morgan fingerprint density at radius 1 is 1.50 bits per heavy atom. The molecule has 0 amide bonds. The first-order valence-corrected chi connectivity index (χ1v) is 10.5. The van der Waals surface area contributed by atoms with Crippen LogP contribution in [0.15, 0.2) is 20.9 Å². The maximum Gasteiger partial charge on any atom is 0.191 e. The molecule has 128 valence electrons. The highest BCUT2D eigenvalue weighted by Crippen LogP contribution is 2.20. The van der Waals surface area contributed by atoms with Gasteiger partial charge in [-0.25, -0.2) is 13.4 Å². The summed E-state index contributed by atoms with van der Waals surface area (Å²) < 4.78 is 23.4. The highest BCUT2D eigenvalue weighted by atomic mass is 127. The van der Waals surface area contributed by atoms with Crippen molar-refractivity contribution in [1.82, 2.24) is 10.6 Å². The first-order valence-electron chi connectivity index (χ1n) is 6.75. The highest BCUT2D eigenvalue weighted by molar-refractivity contribution is 14.0. The standard InChI is InChI=1S/C13H22BrN3O2S2.HI/c1-4-15-13(16-8-12-7-11(14)9-20-12)17-10(2)5-6-21(3,18)19;/h7,9-10H,4-6,8H2,1-3H3,(H2,15,16,17);1H. The van der Waals surface area contributed by atoms with Gasteiger partial charge in [0.05, 0.1) is 12.3 Å². The van der Waals surface area contributed by atoms with Crippen LogP contribution in [0.25, 0.3) is 0 Å². The number of hydrogen-bond donors (Lipinski definition) is 2. The van der Waals surface area contributed by atoms with Gasteiger partial charge in [0.1, 0.15) is 9.84 Å². The monoisotopic (exact) mass is 523 g/mol. The number of rotatable bonds is 7. The summed E-state index contributed by atoms with van der Waals surface area (Å²) in [6.45, 7) is 5.32. The fraction of sp³-hybridized carbons (Fsp3) is 0.615. The van der Waals surface area contributed by atoms with E-state index in [-0.39, 0.29) is 35.8 Å². The Labute approximate surface area is 162 Å². The van der Waals surface area contributed by atoms with Gasteiger partial charge in [-0.3, -0.25) is 0 Å². The van der Waals surface area contributed by atoms with E-state index in [4.69, 9.17) is 0 Å². The minimum Gasteiger partial charge on any atom is -0.357 e. The summed E-state index contributed by atoms with van der Waals surface area (Å²) in [5.74, 6) is 0.890. The lowest BCUT2D eigenvalue weighted by molar-refractivity contribution is 0.581. The zero-order valence-corrected chi connectivity index (χ0v) is 18.5. The quantitative estimate of drug-likeness (QED) is 0.327. The lowest BCUT2D eigenvalue weighted by atomic mass is 10.3. The van der Waals surface area contributed by atoms with Crippen molar-refractivity contribution in [3.05, 3.63) is 20.8 Å². The van der Waals surface area contributed by atoms with Crippen LogP contribution in [0.2, 0.25) is 0 Å². The number of aliphatic imine (C=N–C) groups is 1. The summed E-state index contributed by atoms with van der Waals surface area (Å²) in [6.07, 6.45) is 1.82. The number of thiophene rings is 1. The third kappa shape index (κ3) is 10.0. The molecule has 1 rings (SSSR count). The molecule has 1 aromatic heterocycles. The molecule has 0 aliphatic rings. The van der Waals surface area contributed by atoms with Gasteiger partial charge in [0.15, 0.2) is 5.96 Å². The number of halogens is 2. The van der Waals surface area contributed by atoms with Crippen LogP contribution in [-0.2, 0) is 16.4 Å². The Morgan fingerprint density at radius 3 is 2.68 bits per heavy atom. The van der Waals surface area contributed by atoms with Crippen LogP contribution < -0.4 is 10.6 Å². The third-order valence-electron chi connectivity index (χ3n) is 2.66. The summed E-state index contributed by atoms with van der Waals surface area (Å²) in [7, 11) is -2.92.